The van der Waals surface area contributed by atoms with Crippen molar-refractivity contribution in [2.45, 2.75) is 88.0 Å². The molecular weight excluding hydrogens is 651 g/mol. The van der Waals surface area contributed by atoms with Crippen LogP contribution >= 0.6 is 0 Å². The molecule has 1 aliphatic carbocycles. The van der Waals surface area contributed by atoms with E-state index in [2.05, 4.69) is 85.3 Å². The molecule has 6 heterocycles. The van der Waals surface area contributed by atoms with Gasteiger partial charge in [-0.3, -0.25) is 0 Å². The second-order valence-corrected chi connectivity index (χ2v) is 15.7. The van der Waals surface area contributed by atoms with Gasteiger partial charge in [-0.15, -0.1) is 0 Å². The molecule has 0 amide bonds. The van der Waals surface area contributed by atoms with Crippen LogP contribution < -0.4 is 10.7 Å². The fourth-order valence-electron chi connectivity index (χ4n) is 8.51. The fourth-order valence-corrected chi connectivity index (χ4v) is 12.9. The molecule has 2 aromatic heterocycles. The Morgan fingerprint density at radius 2 is 1.66 bits per heavy atom. The molecule has 6 bridgehead atoms. The molecule has 44 heavy (non-hydrogen) atoms. The Kier molecular flexibility index (Phi) is 7.03. The van der Waals surface area contributed by atoms with Crippen LogP contribution in [0.1, 0.15) is 94.9 Å². The predicted molar refractivity (Wildman–Crippen MR) is 181 cm³/mol. The van der Waals surface area contributed by atoms with Crippen molar-refractivity contribution in [3.05, 3.63) is 78.5 Å². The zero-order valence-corrected chi connectivity index (χ0v) is 30.4. The number of aliphatic imine (C=N–C) groups is 2. The SMILES string of the molecule is CCOC(=O)C1=CC2=C3N=C(C=c4c(CC)c(C)c5[n]4[Sn][n]4c(c(CC)c(C)c42)C=C2N=C(C=5)C(CC)=C2C)C(C)C13CC. The Balaban J connectivity index is 1.70. The average molecular weight is 693 g/mol. The number of nitrogens with zero attached hydrogens (tertiary/aromatic N) is 4. The number of carbonyl (C=O) groups is 1. The molecule has 0 saturated heterocycles. The van der Waals surface area contributed by atoms with Crippen LogP contribution in [0.3, 0.4) is 0 Å². The first-order valence-corrected chi connectivity index (χ1v) is 18.9. The van der Waals surface area contributed by atoms with Crippen molar-refractivity contribution in [3.63, 3.8) is 0 Å². The Labute approximate surface area is 271 Å². The summed E-state index contributed by atoms with van der Waals surface area (Å²) in [5, 5.41) is 2.58. The van der Waals surface area contributed by atoms with Gasteiger partial charge in [0.15, 0.2) is 0 Å². The summed E-state index contributed by atoms with van der Waals surface area (Å²) in [6, 6.07) is 0. The van der Waals surface area contributed by atoms with Gasteiger partial charge in [0.1, 0.15) is 0 Å². The third-order valence-electron chi connectivity index (χ3n) is 10.9. The Morgan fingerprint density at radius 3 is 2.32 bits per heavy atom. The van der Waals surface area contributed by atoms with Gasteiger partial charge in [-0.1, -0.05) is 0 Å². The van der Waals surface area contributed by atoms with Crippen molar-refractivity contribution in [1.82, 2.24) is 5.58 Å². The third kappa shape index (κ3) is 3.69. The second-order valence-electron chi connectivity index (χ2n) is 12.6. The van der Waals surface area contributed by atoms with Crippen LogP contribution in [-0.4, -0.2) is 51.3 Å². The van der Waals surface area contributed by atoms with E-state index in [-0.39, 0.29) is 11.9 Å². The van der Waals surface area contributed by atoms with Crippen molar-refractivity contribution in [3.8, 4) is 0 Å². The van der Waals surface area contributed by atoms with E-state index in [0.29, 0.717) is 6.61 Å². The van der Waals surface area contributed by atoms with Crippen LogP contribution in [0.5, 0.6) is 0 Å². The average Bonchev–Trinajstić information content (AvgIpc) is 3.72. The number of esters is 1. The summed E-state index contributed by atoms with van der Waals surface area (Å²) in [5.74, 6) is -0.166. The molecule has 5 aliphatic rings. The standard InChI is InChI=1S/C37H43N4O2.Sn/c1-10-23-19(6)29-17-33-25(12-3)21(8)34(40-33)26-15-27(36(42)43-14-5)37(13-4)22(9)30(41-35(26)37)18-32-24(11-2)20(7)28(39-32)16-31(23)38-29;/h15-18,22H,10-14H2,1-9H3,(H-,38,39,40,41,42);/q-1;+2/p-1. The van der Waals surface area contributed by atoms with E-state index in [0.717, 1.165) is 59.6 Å². The van der Waals surface area contributed by atoms with Crippen molar-refractivity contribution in [2.75, 3.05) is 6.61 Å². The number of aromatic nitrogens is 2. The van der Waals surface area contributed by atoms with Gasteiger partial charge >= 0.3 is 272 Å². The van der Waals surface area contributed by atoms with Crippen LogP contribution in [0.2, 0.25) is 0 Å². The second kappa shape index (κ2) is 10.5. The van der Waals surface area contributed by atoms with Crippen LogP contribution in [0, 0.1) is 25.2 Å². The van der Waals surface area contributed by atoms with Gasteiger partial charge in [0.2, 0.25) is 0 Å². The molecule has 2 atom stereocenters. The van der Waals surface area contributed by atoms with E-state index in [1.54, 1.807) is 0 Å². The van der Waals surface area contributed by atoms with E-state index in [1.807, 2.05) is 6.92 Å². The van der Waals surface area contributed by atoms with Gasteiger partial charge in [0.25, 0.3) is 0 Å². The van der Waals surface area contributed by atoms with Crippen LogP contribution in [-0.2, 0) is 22.4 Å². The molecule has 0 spiro atoms. The van der Waals surface area contributed by atoms with Crippen molar-refractivity contribution in [2.24, 2.45) is 21.3 Å². The fraction of sp³-hybridized carbons (Fsp3) is 0.432. The normalized spacial score (nSPS) is 22.8. The number of ether oxygens (including phenoxy) is 1. The van der Waals surface area contributed by atoms with Gasteiger partial charge in [-0.25, -0.2) is 0 Å². The number of carbonyl (C=O) groups excluding carboxylic acids is 1. The molecule has 4 aliphatic heterocycles. The maximum absolute atomic E-state index is 13.7. The molecule has 2 unspecified atom stereocenters. The molecule has 2 radical (unpaired) electrons. The molecule has 0 fully saturated rings. The molecule has 0 N–H and O–H groups in total. The molecular formula is C37H42N4O2Sn. The van der Waals surface area contributed by atoms with Gasteiger partial charge in [0, 0.05) is 0 Å². The monoisotopic (exact) mass is 694 g/mol. The van der Waals surface area contributed by atoms with Gasteiger partial charge in [-0.05, 0) is 0 Å². The number of allylic oxidation sites excluding steroid dienone is 5. The molecule has 6 nitrogen and oxygen atoms in total. The van der Waals surface area contributed by atoms with E-state index in [4.69, 9.17) is 14.7 Å². The third-order valence-corrected chi connectivity index (χ3v) is 14.7. The molecule has 226 valence electrons. The zero-order chi connectivity index (χ0) is 31.2. The molecule has 0 aromatic carbocycles. The van der Waals surface area contributed by atoms with Crippen molar-refractivity contribution in [1.29, 1.82) is 0 Å². The number of hydrogen-bond acceptors (Lipinski definition) is 4. The summed E-state index contributed by atoms with van der Waals surface area (Å²) in [5.41, 5.74) is 16.2. The minimum atomic E-state index is -1.54. The molecule has 7 rings (SSSR count). The van der Waals surface area contributed by atoms with E-state index in [9.17, 15) is 4.79 Å². The summed E-state index contributed by atoms with van der Waals surface area (Å²) in [7, 11) is 0. The summed E-state index contributed by atoms with van der Waals surface area (Å²) in [6.45, 7) is 20.3. The molecule has 7 heteroatoms. The first kappa shape index (κ1) is 29.6. The first-order chi connectivity index (χ1) is 21.2. The van der Waals surface area contributed by atoms with E-state index in [1.165, 1.54) is 55.5 Å². The molecule has 0 saturated carbocycles. The van der Waals surface area contributed by atoms with Gasteiger partial charge < -0.3 is 0 Å². The van der Waals surface area contributed by atoms with Crippen molar-refractivity contribution >= 4 is 62.9 Å². The van der Waals surface area contributed by atoms with Gasteiger partial charge in [0.05, 0.1) is 0 Å². The first-order valence-electron chi connectivity index (χ1n) is 16.3. The zero-order valence-electron chi connectivity index (χ0n) is 27.5. The van der Waals surface area contributed by atoms with Crippen LogP contribution in [0.25, 0.3) is 23.8 Å². The van der Waals surface area contributed by atoms with E-state index >= 15 is 0 Å². The predicted octanol–water partition coefficient (Wildman–Crippen LogP) is 5.77. The number of hydrogen-bond donors (Lipinski definition) is 0. The Bertz CT molecular complexity index is 2000. The summed E-state index contributed by atoms with van der Waals surface area (Å²) >= 11 is -1.54. The quantitative estimate of drug-likeness (QED) is 0.285. The number of rotatable bonds is 6. The summed E-state index contributed by atoms with van der Waals surface area (Å²) in [6.07, 6.45) is 12.9. The van der Waals surface area contributed by atoms with Crippen molar-refractivity contribution < 1.29 is 9.53 Å². The maximum atomic E-state index is 13.7. The Morgan fingerprint density at radius 1 is 0.909 bits per heavy atom. The van der Waals surface area contributed by atoms with Crippen LogP contribution in [0.15, 0.2) is 44.2 Å². The topological polar surface area (TPSA) is 60.9 Å². The summed E-state index contributed by atoms with van der Waals surface area (Å²) in [4.78, 5) is 24.5. The van der Waals surface area contributed by atoms with E-state index < -0.39 is 27.1 Å². The summed E-state index contributed by atoms with van der Waals surface area (Å²) < 4.78 is 11.1. The van der Waals surface area contributed by atoms with Crippen LogP contribution in [0.4, 0.5) is 0 Å². The van der Waals surface area contributed by atoms with Gasteiger partial charge in [-0.2, -0.15) is 0 Å². The minimum absolute atomic E-state index is 0.0456. The number of fused-ring (bicyclic) bond motifs is 2. The Hall–Kier alpha value is -3.13. The molecule has 2 aromatic rings.